The maximum atomic E-state index is 6.07. The molecule has 0 radical (unpaired) electrons. The predicted molar refractivity (Wildman–Crippen MR) is 67.8 cm³/mol. The molecule has 2 atom stereocenters. The zero-order valence-electron chi connectivity index (χ0n) is 9.95. The Labute approximate surface area is 97.4 Å². The van der Waals surface area contributed by atoms with Crippen LogP contribution in [-0.4, -0.2) is 18.6 Å². The molecule has 2 nitrogen and oxygen atoms in total. The third-order valence-corrected chi connectivity index (χ3v) is 4.11. The molecule has 0 spiro atoms. The second-order valence-electron chi connectivity index (χ2n) is 5.25. The van der Waals surface area contributed by atoms with Gasteiger partial charge >= 0.3 is 0 Å². The fourth-order valence-corrected chi connectivity index (χ4v) is 3.30. The van der Waals surface area contributed by atoms with Crippen molar-refractivity contribution in [1.29, 1.82) is 0 Å². The van der Waals surface area contributed by atoms with Crippen molar-refractivity contribution in [2.45, 2.75) is 44.7 Å². The molecule has 1 fully saturated rings. The van der Waals surface area contributed by atoms with Crippen molar-refractivity contribution in [2.24, 2.45) is 5.73 Å². The number of piperidine rings is 1. The molecule has 0 bridgehead atoms. The molecule has 86 valence electrons. The maximum absolute atomic E-state index is 6.07. The van der Waals surface area contributed by atoms with Crippen LogP contribution in [0, 0.1) is 6.92 Å². The Bertz CT molecular complexity index is 400. The van der Waals surface area contributed by atoms with Crippen molar-refractivity contribution in [3.63, 3.8) is 0 Å². The summed E-state index contributed by atoms with van der Waals surface area (Å²) in [4.78, 5) is 2.61. The Kier molecular flexibility index (Phi) is 2.40. The zero-order valence-corrected chi connectivity index (χ0v) is 9.95. The van der Waals surface area contributed by atoms with E-state index in [0.29, 0.717) is 12.1 Å². The highest BCUT2D eigenvalue weighted by Gasteiger charge is 2.31. The summed E-state index contributed by atoms with van der Waals surface area (Å²) in [6.07, 6.45) is 4.83. The number of nitrogens with two attached hydrogens (primary N) is 1. The Hall–Kier alpha value is -1.02. The number of hydrogen-bond acceptors (Lipinski definition) is 2. The van der Waals surface area contributed by atoms with E-state index in [1.807, 2.05) is 0 Å². The average Bonchev–Trinajstić information content (AvgIpc) is 2.29. The Morgan fingerprint density at radius 2 is 2.19 bits per heavy atom. The van der Waals surface area contributed by atoms with Gasteiger partial charge in [0.15, 0.2) is 0 Å². The van der Waals surface area contributed by atoms with Crippen molar-refractivity contribution < 1.29 is 0 Å². The minimum Gasteiger partial charge on any atom is -0.368 e. The Balaban J connectivity index is 1.99. The molecule has 0 amide bonds. The van der Waals surface area contributed by atoms with Crippen LogP contribution in [0.1, 0.15) is 30.4 Å². The molecular weight excluding hydrogens is 196 g/mol. The third kappa shape index (κ3) is 1.52. The van der Waals surface area contributed by atoms with E-state index in [2.05, 4.69) is 30.0 Å². The van der Waals surface area contributed by atoms with Crippen molar-refractivity contribution in [3.8, 4) is 0 Å². The second-order valence-corrected chi connectivity index (χ2v) is 5.25. The standard InChI is InChI=1S/C14H20N2/c1-10-3-2-4-11-5-6-13-9-12(15)7-8-16(13)14(10)11/h2-4,12-13H,5-9,15H2,1H3. The molecule has 2 N–H and O–H groups in total. The average molecular weight is 216 g/mol. The van der Waals surface area contributed by atoms with Gasteiger partial charge in [-0.25, -0.2) is 0 Å². The van der Waals surface area contributed by atoms with Crippen LogP contribution in [0.4, 0.5) is 5.69 Å². The number of fused-ring (bicyclic) bond motifs is 3. The molecule has 2 heteroatoms. The molecule has 2 aliphatic rings. The van der Waals surface area contributed by atoms with Crippen LogP contribution in [0.5, 0.6) is 0 Å². The Morgan fingerprint density at radius 1 is 1.31 bits per heavy atom. The summed E-state index contributed by atoms with van der Waals surface area (Å²) >= 11 is 0. The van der Waals surface area contributed by atoms with E-state index in [1.165, 1.54) is 36.1 Å². The van der Waals surface area contributed by atoms with Gasteiger partial charge in [0.1, 0.15) is 0 Å². The van der Waals surface area contributed by atoms with Gasteiger partial charge in [-0.2, -0.15) is 0 Å². The van der Waals surface area contributed by atoms with Crippen LogP contribution in [0.25, 0.3) is 0 Å². The van der Waals surface area contributed by atoms with Gasteiger partial charge in [-0.3, -0.25) is 0 Å². The van der Waals surface area contributed by atoms with Crippen LogP contribution in [0.15, 0.2) is 18.2 Å². The first-order valence-corrected chi connectivity index (χ1v) is 6.36. The van der Waals surface area contributed by atoms with E-state index in [-0.39, 0.29) is 0 Å². The van der Waals surface area contributed by atoms with E-state index < -0.39 is 0 Å². The van der Waals surface area contributed by atoms with Crippen molar-refractivity contribution in [3.05, 3.63) is 29.3 Å². The van der Waals surface area contributed by atoms with Gasteiger partial charge in [0.25, 0.3) is 0 Å². The van der Waals surface area contributed by atoms with E-state index in [9.17, 15) is 0 Å². The minimum absolute atomic E-state index is 0.423. The maximum Gasteiger partial charge on any atom is 0.0431 e. The number of rotatable bonds is 0. The first-order chi connectivity index (χ1) is 7.75. The lowest BCUT2D eigenvalue weighted by Gasteiger charge is -2.44. The highest BCUT2D eigenvalue weighted by Crippen LogP contribution is 2.37. The smallest absolute Gasteiger partial charge is 0.0431 e. The predicted octanol–water partition coefficient (Wildman–Crippen LogP) is 2.24. The fourth-order valence-electron chi connectivity index (χ4n) is 3.30. The second kappa shape index (κ2) is 3.77. The summed E-state index contributed by atoms with van der Waals surface area (Å²) in [5.74, 6) is 0. The highest BCUT2D eigenvalue weighted by atomic mass is 15.2. The fraction of sp³-hybridized carbons (Fsp3) is 0.571. The van der Waals surface area contributed by atoms with Crippen molar-refractivity contribution >= 4 is 5.69 Å². The molecule has 16 heavy (non-hydrogen) atoms. The summed E-state index contributed by atoms with van der Waals surface area (Å²) in [7, 11) is 0. The van der Waals surface area contributed by atoms with E-state index >= 15 is 0 Å². The summed E-state index contributed by atoms with van der Waals surface area (Å²) < 4.78 is 0. The van der Waals surface area contributed by atoms with Crippen molar-refractivity contribution in [1.82, 2.24) is 0 Å². The summed E-state index contributed by atoms with van der Waals surface area (Å²) in [6, 6.07) is 7.82. The number of nitrogens with zero attached hydrogens (tertiary/aromatic N) is 1. The van der Waals surface area contributed by atoms with Crippen LogP contribution >= 0.6 is 0 Å². The summed E-state index contributed by atoms with van der Waals surface area (Å²) in [5.41, 5.74) is 10.5. The van der Waals surface area contributed by atoms with Crippen LogP contribution in [0.2, 0.25) is 0 Å². The lowest BCUT2D eigenvalue weighted by Crippen LogP contribution is -2.49. The van der Waals surface area contributed by atoms with Crippen molar-refractivity contribution in [2.75, 3.05) is 11.4 Å². The van der Waals surface area contributed by atoms with Crippen LogP contribution in [0.3, 0.4) is 0 Å². The molecule has 1 aromatic carbocycles. The van der Waals surface area contributed by atoms with Crippen LogP contribution < -0.4 is 10.6 Å². The summed E-state index contributed by atoms with van der Waals surface area (Å²) in [5, 5.41) is 0. The first kappa shape index (κ1) is 10.2. The first-order valence-electron chi connectivity index (χ1n) is 6.36. The number of anilines is 1. The molecule has 0 aliphatic carbocycles. The summed E-state index contributed by atoms with van der Waals surface area (Å²) in [6.45, 7) is 3.37. The lowest BCUT2D eigenvalue weighted by atomic mass is 9.86. The molecule has 2 unspecified atom stereocenters. The molecule has 1 aromatic rings. The largest absolute Gasteiger partial charge is 0.368 e. The normalized spacial score (nSPS) is 28.5. The molecule has 0 aromatic heterocycles. The molecule has 2 heterocycles. The molecule has 1 saturated heterocycles. The number of hydrogen-bond donors (Lipinski definition) is 1. The molecular formula is C14H20N2. The van der Waals surface area contributed by atoms with Gasteiger partial charge in [0.2, 0.25) is 0 Å². The van der Waals surface area contributed by atoms with Crippen LogP contribution in [-0.2, 0) is 6.42 Å². The molecule has 2 aliphatic heterocycles. The number of benzene rings is 1. The van der Waals surface area contributed by atoms with Gasteiger partial charge in [0.05, 0.1) is 0 Å². The van der Waals surface area contributed by atoms with E-state index in [1.54, 1.807) is 0 Å². The molecule has 0 saturated carbocycles. The van der Waals surface area contributed by atoms with Gasteiger partial charge in [-0.05, 0) is 43.7 Å². The topological polar surface area (TPSA) is 29.3 Å². The highest BCUT2D eigenvalue weighted by molar-refractivity contribution is 5.62. The lowest BCUT2D eigenvalue weighted by molar-refractivity contribution is 0.383. The van der Waals surface area contributed by atoms with E-state index in [0.717, 1.165) is 13.0 Å². The third-order valence-electron chi connectivity index (χ3n) is 4.11. The number of para-hydroxylation sites is 1. The van der Waals surface area contributed by atoms with Gasteiger partial charge in [-0.15, -0.1) is 0 Å². The minimum atomic E-state index is 0.423. The molecule has 3 rings (SSSR count). The SMILES string of the molecule is Cc1cccc2c1N1CCC(N)CC1CC2. The quantitative estimate of drug-likeness (QED) is 0.720. The van der Waals surface area contributed by atoms with Gasteiger partial charge in [-0.1, -0.05) is 18.2 Å². The van der Waals surface area contributed by atoms with E-state index in [4.69, 9.17) is 5.73 Å². The Morgan fingerprint density at radius 3 is 3.06 bits per heavy atom. The van der Waals surface area contributed by atoms with Gasteiger partial charge < -0.3 is 10.6 Å². The van der Waals surface area contributed by atoms with Gasteiger partial charge in [0, 0.05) is 24.3 Å². The zero-order chi connectivity index (χ0) is 11.1. The number of aryl methyl sites for hydroxylation is 2. The monoisotopic (exact) mass is 216 g/mol.